The monoisotopic (exact) mass is 311 g/mol. The highest BCUT2D eigenvalue weighted by Gasteiger charge is 2.26. The fourth-order valence-corrected chi connectivity index (χ4v) is 3.08. The summed E-state index contributed by atoms with van der Waals surface area (Å²) in [5, 5.41) is 10.9. The molecule has 1 fully saturated rings. The molecular formula is C15H17N7O. The van der Waals surface area contributed by atoms with Crippen molar-refractivity contribution in [2.75, 3.05) is 13.1 Å². The Morgan fingerprint density at radius 2 is 2.26 bits per heavy atom. The second kappa shape index (κ2) is 5.79. The minimum Gasteiger partial charge on any atom is -0.342 e. The van der Waals surface area contributed by atoms with Crippen LogP contribution in [0.1, 0.15) is 24.6 Å². The SMILES string of the molecule is O=C(Cn1cnnn1)N1CCC[C@H](c2nc3ccccc3[nH]2)C1. The zero-order valence-corrected chi connectivity index (χ0v) is 12.6. The zero-order valence-electron chi connectivity index (χ0n) is 12.6. The predicted molar refractivity (Wildman–Crippen MR) is 82.5 cm³/mol. The van der Waals surface area contributed by atoms with E-state index in [1.807, 2.05) is 29.2 Å². The standard InChI is InChI=1S/C15H17N7O/c23-14(9-22-10-16-19-20-22)21-7-3-4-11(8-21)15-17-12-5-1-2-6-13(12)18-15/h1-2,5-6,10-11H,3-4,7-9H2,(H,17,18)/t11-/m0/s1. The van der Waals surface area contributed by atoms with E-state index in [4.69, 9.17) is 0 Å². The summed E-state index contributed by atoms with van der Waals surface area (Å²) in [5.41, 5.74) is 2.01. The van der Waals surface area contributed by atoms with Crippen LogP contribution in [0, 0.1) is 0 Å². The number of benzene rings is 1. The van der Waals surface area contributed by atoms with Gasteiger partial charge in [-0.25, -0.2) is 9.67 Å². The summed E-state index contributed by atoms with van der Waals surface area (Å²) in [7, 11) is 0. The molecule has 0 bridgehead atoms. The molecule has 1 N–H and O–H groups in total. The van der Waals surface area contributed by atoms with Crippen LogP contribution in [0.15, 0.2) is 30.6 Å². The predicted octanol–water partition coefficient (Wildman–Crippen LogP) is 0.956. The van der Waals surface area contributed by atoms with Crippen LogP contribution in [0.5, 0.6) is 0 Å². The van der Waals surface area contributed by atoms with Gasteiger partial charge in [0.25, 0.3) is 0 Å². The number of likely N-dealkylation sites (tertiary alicyclic amines) is 1. The first-order chi connectivity index (χ1) is 11.3. The van der Waals surface area contributed by atoms with Crippen molar-refractivity contribution in [2.45, 2.75) is 25.3 Å². The number of carbonyl (C=O) groups is 1. The summed E-state index contributed by atoms with van der Waals surface area (Å²) in [5.74, 6) is 1.25. The number of H-pyrrole nitrogens is 1. The number of hydrogen-bond donors (Lipinski definition) is 1. The number of carbonyl (C=O) groups excluding carboxylic acids is 1. The first-order valence-corrected chi connectivity index (χ1v) is 7.73. The van der Waals surface area contributed by atoms with Crippen molar-refractivity contribution < 1.29 is 4.79 Å². The van der Waals surface area contributed by atoms with Gasteiger partial charge in [0, 0.05) is 19.0 Å². The maximum atomic E-state index is 12.4. The number of aromatic nitrogens is 6. The molecule has 3 aromatic rings. The van der Waals surface area contributed by atoms with Crippen molar-refractivity contribution in [3.8, 4) is 0 Å². The molecule has 8 nitrogen and oxygen atoms in total. The minimum atomic E-state index is 0.0399. The average molecular weight is 311 g/mol. The van der Waals surface area contributed by atoms with Crippen LogP contribution < -0.4 is 0 Å². The summed E-state index contributed by atoms with van der Waals surface area (Å²) >= 11 is 0. The number of aromatic amines is 1. The van der Waals surface area contributed by atoms with Crippen LogP contribution in [-0.2, 0) is 11.3 Å². The Hall–Kier alpha value is -2.77. The van der Waals surface area contributed by atoms with Crippen molar-refractivity contribution in [3.63, 3.8) is 0 Å². The lowest BCUT2D eigenvalue weighted by atomic mass is 9.97. The molecule has 118 valence electrons. The molecule has 23 heavy (non-hydrogen) atoms. The highest BCUT2D eigenvalue weighted by atomic mass is 16.2. The Labute approximate surface area is 132 Å². The number of para-hydroxylation sites is 2. The highest BCUT2D eigenvalue weighted by molar-refractivity contribution is 5.76. The van der Waals surface area contributed by atoms with E-state index >= 15 is 0 Å². The van der Waals surface area contributed by atoms with E-state index in [9.17, 15) is 4.79 Å². The maximum Gasteiger partial charge on any atom is 0.244 e. The molecule has 0 saturated carbocycles. The van der Waals surface area contributed by atoms with Crippen LogP contribution in [0.2, 0.25) is 0 Å². The van der Waals surface area contributed by atoms with Crippen LogP contribution in [0.4, 0.5) is 0 Å². The van der Waals surface area contributed by atoms with Gasteiger partial charge in [0.05, 0.1) is 11.0 Å². The van der Waals surface area contributed by atoms with E-state index in [-0.39, 0.29) is 18.4 Å². The van der Waals surface area contributed by atoms with Crippen molar-refractivity contribution in [3.05, 3.63) is 36.4 Å². The Balaban J connectivity index is 1.49. The molecule has 3 heterocycles. The van der Waals surface area contributed by atoms with Crippen molar-refractivity contribution >= 4 is 16.9 Å². The third kappa shape index (κ3) is 2.79. The van der Waals surface area contributed by atoms with Crippen LogP contribution >= 0.6 is 0 Å². The minimum absolute atomic E-state index is 0.0399. The number of fused-ring (bicyclic) bond motifs is 1. The van der Waals surface area contributed by atoms with Crippen molar-refractivity contribution in [2.24, 2.45) is 0 Å². The van der Waals surface area contributed by atoms with Crippen LogP contribution in [-0.4, -0.2) is 54.1 Å². The normalized spacial score (nSPS) is 18.4. The lowest BCUT2D eigenvalue weighted by molar-refractivity contribution is -0.133. The lowest BCUT2D eigenvalue weighted by Gasteiger charge is -2.31. The van der Waals surface area contributed by atoms with Crippen molar-refractivity contribution in [1.82, 2.24) is 35.1 Å². The molecule has 1 aliphatic rings. The van der Waals surface area contributed by atoms with Crippen LogP contribution in [0.25, 0.3) is 11.0 Å². The number of rotatable bonds is 3. The average Bonchev–Trinajstić information content (AvgIpc) is 3.24. The van der Waals surface area contributed by atoms with E-state index < -0.39 is 0 Å². The summed E-state index contributed by atoms with van der Waals surface area (Å²) < 4.78 is 1.45. The van der Waals surface area contributed by atoms with Gasteiger partial charge < -0.3 is 9.88 Å². The summed E-state index contributed by atoms with van der Waals surface area (Å²) in [4.78, 5) is 22.3. The summed E-state index contributed by atoms with van der Waals surface area (Å²) in [6.07, 6.45) is 3.47. The molecule has 1 saturated heterocycles. The molecule has 0 aliphatic carbocycles. The Morgan fingerprint density at radius 1 is 1.35 bits per heavy atom. The number of imidazole rings is 1. The van der Waals surface area contributed by atoms with Crippen LogP contribution in [0.3, 0.4) is 0 Å². The smallest absolute Gasteiger partial charge is 0.244 e. The van der Waals surface area contributed by atoms with E-state index in [1.165, 1.54) is 11.0 Å². The van der Waals surface area contributed by atoms with Gasteiger partial charge in [-0.1, -0.05) is 12.1 Å². The van der Waals surface area contributed by atoms with E-state index in [1.54, 1.807) is 0 Å². The maximum absolute atomic E-state index is 12.4. The van der Waals surface area contributed by atoms with Gasteiger partial charge in [-0.15, -0.1) is 5.10 Å². The molecule has 1 amide bonds. The number of amides is 1. The molecule has 2 aromatic heterocycles. The molecule has 0 unspecified atom stereocenters. The zero-order chi connectivity index (χ0) is 15.6. The molecule has 0 radical (unpaired) electrons. The van der Waals surface area contributed by atoms with Gasteiger partial charge >= 0.3 is 0 Å². The van der Waals surface area contributed by atoms with E-state index in [0.717, 1.165) is 36.2 Å². The number of nitrogens with zero attached hydrogens (tertiary/aromatic N) is 6. The van der Waals surface area contributed by atoms with E-state index in [0.29, 0.717) is 6.54 Å². The quantitative estimate of drug-likeness (QED) is 0.777. The van der Waals surface area contributed by atoms with Gasteiger partial charge in [-0.2, -0.15) is 0 Å². The molecular weight excluding hydrogens is 294 g/mol. The fourth-order valence-electron chi connectivity index (χ4n) is 3.08. The van der Waals surface area contributed by atoms with Gasteiger partial charge in [0.15, 0.2) is 0 Å². The number of hydrogen-bond acceptors (Lipinski definition) is 5. The topological polar surface area (TPSA) is 92.6 Å². The lowest BCUT2D eigenvalue weighted by Crippen LogP contribution is -2.41. The third-order valence-corrected chi connectivity index (χ3v) is 4.26. The Morgan fingerprint density at radius 3 is 3.09 bits per heavy atom. The summed E-state index contributed by atoms with van der Waals surface area (Å²) in [6.45, 7) is 1.64. The molecule has 0 spiro atoms. The Bertz CT molecular complexity index is 777. The first kappa shape index (κ1) is 13.9. The second-order valence-corrected chi connectivity index (χ2v) is 5.83. The van der Waals surface area contributed by atoms with Gasteiger partial charge in [-0.05, 0) is 35.4 Å². The Kier molecular flexibility index (Phi) is 3.49. The molecule has 1 aliphatic heterocycles. The van der Waals surface area contributed by atoms with Gasteiger partial charge in [0.2, 0.25) is 5.91 Å². The number of piperidine rings is 1. The molecule has 1 atom stereocenters. The molecule has 1 aromatic carbocycles. The number of nitrogens with one attached hydrogen (secondary N) is 1. The molecule has 8 heteroatoms. The van der Waals surface area contributed by atoms with Gasteiger partial charge in [-0.3, -0.25) is 4.79 Å². The third-order valence-electron chi connectivity index (χ3n) is 4.26. The molecule has 4 rings (SSSR count). The van der Waals surface area contributed by atoms with Crippen molar-refractivity contribution in [1.29, 1.82) is 0 Å². The second-order valence-electron chi connectivity index (χ2n) is 5.83. The largest absolute Gasteiger partial charge is 0.342 e. The number of tetrazole rings is 1. The van der Waals surface area contributed by atoms with Gasteiger partial charge in [0.1, 0.15) is 18.7 Å². The first-order valence-electron chi connectivity index (χ1n) is 7.73. The highest BCUT2D eigenvalue weighted by Crippen LogP contribution is 2.26. The fraction of sp³-hybridized carbons (Fsp3) is 0.400. The van der Waals surface area contributed by atoms with E-state index in [2.05, 4.69) is 25.5 Å². The summed E-state index contributed by atoms with van der Waals surface area (Å²) in [6, 6.07) is 8.00.